The molecule has 0 radical (unpaired) electrons. The number of nitrogens with zero attached hydrogens (tertiary/aromatic N) is 1. The van der Waals surface area contributed by atoms with E-state index < -0.39 is 89.3 Å². The molecule has 2 aliphatic heterocycles. The quantitative estimate of drug-likeness (QED) is 0.153. The van der Waals surface area contributed by atoms with E-state index in [9.17, 15) is 53.3 Å². The van der Waals surface area contributed by atoms with Gasteiger partial charge in [0.15, 0.2) is 6.29 Å². The maximum atomic E-state index is 12.9. The highest BCUT2D eigenvalue weighted by Gasteiger charge is 2.49. The smallest absolute Gasteiger partial charge is 0.390 e. The lowest BCUT2D eigenvalue weighted by atomic mass is 10.00. The molecule has 10 atom stereocenters. The number of rotatable bonds is 9. The van der Waals surface area contributed by atoms with Crippen molar-refractivity contribution in [2.24, 2.45) is 0 Å². The van der Waals surface area contributed by atoms with Crippen molar-refractivity contribution >= 4 is 15.6 Å². The summed E-state index contributed by atoms with van der Waals surface area (Å²) in [6, 6.07) is 0. The van der Waals surface area contributed by atoms with Crippen molar-refractivity contribution in [2.75, 3.05) is 13.3 Å². The van der Waals surface area contributed by atoms with Gasteiger partial charge in [-0.1, -0.05) is 0 Å². The zero-order valence-corrected chi connectivity index (χ0v) is 20.2. The van der Waals surface area contributed by atoms with Crippen molar-refractivity contribution in [3.63, 3.8) is 0 Å². The van der Waals surface area contributed by atoms with Crippen molar-refractivity contribution in [2.45, 2.75) is 62.5 Å². The minimum Gasteiger partial charge on any atom is -0.390 e. The predicted octanol–water partition coefficient (Wildman–Crippen LogP) is -2.48. The first-order valence-corrected chi connectivity index (χ1v) is 13.2. The van der Waals surface area contributed by atoms with Gasteiger partial charge in [0.2, 0.25) is 0 Å². The standard InChI is InChI=1S/C16H25FN2O15P2/c1-6-4-19(16(25)18-14(6)24)10-2-7(20)9(31-10)5-30-35(26,27)34-36(28,29)33-15-13(23)12(22)11(21)8(3-17)32-15/h4,7-13,15,20-23H,2-3,5H2,1H3,(H,26,27)(H,28,29)(H,18,24,25)/t7-,8+,9+,10+,11+,12-,13+,15+/m0/s1. The predicted molar refractivity (Wildman–Crippen MR) is 111 cm³/mol. The van der Waals surface area contributed by atoms with E-state index in [-0.39, 0.29) is 12.0 Å². The summed E-state index contributed by atoms with van der Waals surface area (Å²) >= 11 is 0. The Kier molecular flexibility index (Phi) is 9.05. The summed E-state index contributed by atoms with van der Waals surface area (Å²) in [4.78, 5) is 45.1. The number of alkyl halides is 1. The number of H-pyrrole nitrogens is 1. The Morgan fingerprint density at radius 2 is 1.75 bits per heavy atom. The molecule has 206 valence electrons. The first kappa shape index (κ1) is 29.2. The van der Waals surface area contributed by atoms with Crippen LogP contribution in [0.1, 0.15) is 18.2 Å². The molecule has 20 heteroatoms. The van der Waals surface area contributed by atoms with Crippen LogP contribution >= 0.6 is 15.6 Å². The second-order valence-electron chi connectivity index (χ2n) is 8.00. The topological polar surface area (TPSA) is 257 Å². The summed E-state index contributed by atoms with van der Waals surface area (Å²) in [6.07, 6.45) is -12.8. The molecule has 0 aliphatic carbocycles. The molecular formula is C16H25FN2O15P2. The fourth-order valence-corrected chi connectivity index (χ4v) is 5.60. The summed E-state index contributed by atoms with van der Waals surface area (Å²) in [6.45, 7) is -0.828. The Morgan fingerprint density at radius 3 is 2.39 bits per heavy atom. The summed E-state index contributed by atoms with van der Waals surface area (Å²) in [7, 11) is -11.0. The maximum Gasteiger partial charge on any atom is 0.483 e. The van der Waals surface area contributed by atoms with Crippen molar-refractivity contribution in [3.05, 3.63) is 32.6 Å². The second-order valence-corrected chi connectivity index (χ2v) is 11.0. The summed E-state index contributed by atoms with van der Waals surface area (Å²) in [5, 5.41) is 39.2. The van der Waals surface area contributed by atoms with Crippen LogP contribution < -0.4 is 11.2 Å². The van der Waals surface area contributed by atoms with Crippen LogP contribution in [0.4, 0.5) is 4.39 Å². The van der Waals surface area contributed by atoms with Gasteiger partial charge in [-0.2, -0.15) is 4.31 Å². The van der Waals surface area contributed by atoms with Crippen LogP contribution in [0, 0.1) is 6.92 Å². The fourth-order valence-electron chi connectivity index (χ4n) is 3.44. The van der Waals surface area contributed by atoms with Crippen LogP contribution in [-0.4, -0.2) is 96.0 Å². The molecule has 17 nitrogen and oxygen atoms in total. The van der Waals surface area contributed by atoms with E-state index in [0.717, 1.165) is 4.57 Å². The van der Waals surface area contributed by atoms with Crippen LogP contribution in [0.15, 0.2) is 15.8 Å². The van der Waals surface area contributed by atoms with Crippen molar-refractivity contribution < 1.29 is 66.6 Å². The third kappa shape index (κ3) is 6.73. The molecular weight excluding hydrogens is 541 g/mol. The largest absolute Gasteiger partial charge is 0.483 e. The number of aromatic amines is 1. The van der Waals surface area contributed by atoms with Gasteiger partial charge < -0.3 is 39.7 Å². The average molecular weight is 566 g/mol. The zero-order chi connectivity index (χ0) is 27.0. The molecule has 2 fully saturated rings. The molecule has 1 aromatic heterocycles. The van der Waals surface area contributed by atoms with E-state index in [4.69, 9.17) is 9.47 Å². The number of phosphoric acid groups is 2. The Morgan fingerprint density at radius 1 is 1.08 bits per heavy atom. The normalized spacial score (nSPS) is 36.3. The van der Waals surface area contributed by atoms with Crippen LogP contribution in [0.2, 0.25) is 0 Å². The Balaban J connectivity index is 1.59. The third-order valence-electron chi connectivity index (χ3n) is 5.33. The highest BCUT2D eigenvalue weighted by molar-refractivity contribution is 7.61. The minimum atomic E-state index is -5.58. The number of nitrogens with one attached hydrogen (secondary N) is 1. The highest BCUT2D eigenvalue weighted by Crippen LogP contribution is 2.61. The lowest BCUT2D eigenvalue weighted by Crippen LogP contribution is -2.58. The van der Waals surface area contributed by atoms with Gasteiger partial charge >= 0.3 is 21.3 Å². The zero-order valence-electron chi connectivity index (χ0n) is 18.4. The molecule has 1 aromatic rings. The number of halogens is 1. The van der Waals surface area contributed by atoms with Gasteiger partial charge in [-0.15, -0.1) is 0 Å². The Hall–Kier alpha value is -1.37. The summed E-state index contributed by atoms with van der Waals surface area (Å²) in [5.74, 6) is 0. The molecule has 7 N–H and O–H groups in total. The van der Waals surface area contributed by atoms with Crippen molar-refractivity contribution in [1.29, 1.82) is 0 Å². The molecule has 0 aromatic carbocycles. The first-order chi connectivity index (χ1) is 16.6. The van der Waals surface area contributed by atoms with Gasteiger partial charge in [-0.05, 0) is 6.92 Å². The van der Waals surface area contributed by atoms with Gasteiger partial charge in [-0.3, -0.25) is 23.4 Å². The van der Waals surface area contributed by atoms with Gasteiger partial charge in [0, 0.05) is 18.2 Å². The average Bonchev–Trinajstić information content (AvgIpc) is 3.14. The number of aliphatic hydroxyl groups is 4. The minimum absolute atomic E-state index is 0.172. The van der Waals surface area contributed by atoms with Gasteiger partial charge in [0.25, 0.3) is 5.56 Å². The number of aryl methyl sites for hydroxylation is 1. The monoisotopic (exact) mass is 566 g/mol. The van der Waals surface area contributed by atoms with Crippen molar-refractivity contribution in [3.8, 4) is 0 Å². The summed E-state index contributed by atoms with van der Waals surface area (Å²) in [5.41, 5.74) is -1.29. The van der Waals surface area contributed by atoms with Crippen LogP contribution in [0.5, 0.6) is 0 Å². The Bertz CT molecular complexity index is 1140. The third-order valence-corrected chi connectivity index (χ3v) is 7.93. The van der Waals surface area contributed by atoms with E-state index in [1.165, 1.54) is 13.1 Å². The number of aliphatic hydroxyl groups excluding tert-OH is 4. The Labute approximate surface area is 200 Å². The van der Waals surface area contributed by atoms with Crippen LogP contribution in [0.3, 0.4) is 0 Å². The van der Waals surface area contributed by atoms with Gasteiger partial charge in [-0.25, -0.2) is 18.3 Å². The van der Waals surface area contributed by atoms with E-state index in [2.05, 4.69) is 13.4 Å². The van der Waals surface area contributed by atoms with Crippen LogP contribution in [0.25, 0.3) is 0 Å². The summed E-state index contributed by atoms with van der Waals surface area (Å²) < 4.78 is 61.4. The molecule has 2 aliphatic rings. The first-order valence-electron chi connectivity index (χ1n) is 10.2. The second kappa shape index (κ2) is 11.2. The molecule has 0 bridgehead atoms. The molecule has 2 unspecified atom stereocenters. The van der Waals surface area contributed by atoms with E-state index in [1.807, 2.05) is 4.98 Å². The van der Waals surface area contributed by atoms with Gasteiger partial charge in [0.1, 0.15) is 43.4 Å². The SMILES string of the molecule is Cc1cn([C@H]2C[C@H](O)[C@@H](COP(=O)(O)OP(=O)(O)O[C@H]3O[C@H](CF)[C@@H](O)[C@H](O)[C@H]3O)O2)c(=O)[nH]c1=O. The number of phosphoric ester groups is 2. The van der Waals surface area contributed by atoms with E-state index >= 15 is 0 Å². The molecule has 0 spiro atoms. The lowest BCUT2D eigenvalue weighted by molar-refractivity contribution is -0.277. The molecule has 0 saturated carbocycles. The van der Waals surface area contributed by atoms with Crippen molar-refractivity contribution in [1.82, 2.24) is 9.55 Å². The highest BCUT2D eigenvalue weighted by atomic mass is 31.3. The fraction of sp³-hybridized carbons (Fsp3) is 0.750. The molecule has 2 saturated heterocycles. The number of hydrogen-bond donors (Lipinski definition) is 7. The van der Waals surface area contributed by atoms with E-state index in [1.54, 1.807) is 0 Å². The number of hydrogen-bond acceptors (Lipinski definition) is 13. The van der Waals surface area contributed by atoms with Crippen LogP contribution in [-0.2, 0) is 32.0 Å². The molecule has 3 heterocycles. The number of ether oxygens (including phenoxy) is 2. The van der Waals surface area contributed by atoms with E-state index in [0.29, 0.717) is 0 Å². The lowest BCUT2D eigenvalue weighted by Gasteiger charge is -2.39. The number of aromatic nitrogens is 2. The molecule has 0 amide bonds. The maximum absolute atomic E-state index is 12.9. The molecule has 3 rings (SSSR count). The van der Waals surface area contributed by atoms with Gasteiger partial charge in [0.05, 0.1) is 12.7 Å². The molecule has 36 heavy (non-hydrogen) atoms.